The van der Waals surface area contributed by atoms with Gasteiger partial charge in [0.05, 0.1) is 37.0 Å². The van der Waals surface area contributed by atoms with Gasteiger partial charge in [-0.15, -0.1) is 0 Å². The number of rotatable bonds is 16. The second kappa shape index (κ2) is 19.8. The number of hydrogen-bond donors (Lipinski definition) is 0. The quantitative estimate of drug-likeness (QED) is 0.138. The zero-order chi connectivity index (χ0) is 29.3. The van der Waals surface area contributed by atoms with Gasteiger partial charge in [0.2, 0.25) is 0 Å². The van der Waals surface area contributed by atoms with Crippen LogP contribution in [0, 0.1) is 0 Å². The first kappa shape index (κ1) is 35.0. The molecule has 3 rings (SSSR count). The van der Waals surface area contributed by atoms with E-state index in [0.29, 0.717) is 29.0 Å². The standard InChI is InChI=1S/C29H43Cl2N3O3S.C2H6/c1-5-7-9-34(10-8-6-2)27-17-23(22-36-16-13-33-11-14-35-15-12-33)18-28(38-32(3)4)29(27)37-26-20-24(30)19-25(31)21-26;1-2/h17-21H,5-16,22H2,1-4H3;1-2H3. The number of nitrogens with zero attached hydrogens (tertiary/aromatic N) is 3. The van der Waals surface area contributed by atoms with Crippen LogP contribution in [0.4, 0.5) is 5.69 Å². The smallest absolute Gasteiger partial charge is 0.165 e. The lowest BCUT2D eigenvalue weighted by molar-refractivity contribution is 0.0180. The van der Waals surface area contributed by atoms with Crippen LogP contribution in [0.15, 0.2) is 35.2 Å². The Morgan fingerprint density at radius 1 is 0.925 bits per heavy atom. The molecule has 2 aromatic carbocycles. The predicted octanol–water partition coefficient (Wildman–Crippen LogP) is 8.64. The van der Waals surface area contributed by atoms with Crippen LogP contribution >= 0.6 is 35.1 Å². The monoisotopic (exact) mass is 613 g/mol. The molecular weight excluding hydrogens is 565 g/mol. The molecule has 0 amide bonds. The van der Waals surface area contributed by atoms with Gasteiger partial charge in [-0.25, -0.2) is 0 Å². The molecular formula is C31H49Cl2N3O3S. The summed E-state index contributed by atoms with van der Waals surface area (Å²) >= 11 is 14.3. The summed E-state index contributed by atoms with van der Waals surface area (Å²) < 4.78 is 20.3. The lowest BCUT2D eigenvalue weighted by atomic mass is 10.1. The van der Waals surface area contributed by atoms with Gasteiger partial charge in [-0.2, -0.15) is 0 Å². The molecule has 0 spiro atoms. The molecule has 0 unspecified atom stereocenters. The third kappa shape index (κ3) is 12.4. The average Bonchev–Trinajstić information content (AvgIpc) is 2.93. The van der Waals surface area contributed by atoms with Crippen molar-refractivity contribution in [1.82, 2.24) is 9.21 Å². The van der Waals surface area contributed by atoms with Gasteiger partial charge in [-0.1, -0.05) is 63.7 Å². The number of hydrogen-bond acceptors (Lipinski definition) is 7. The SMILES string of the molecule is CC.CCCCN(CCCC)c1cc(COCCN2CCOCC2)cc(SN(C)C)c1Oc1cc(Cl)cc(Cl)c1. The van der Waals surface area contributed by atoms with Crippen molar-refractivity contribution >= 4 is 40.8 Å². The molecule has 0 aromatic heterocycles. The Balaban J connectivity index is 0.00000274. The Morgan fingerprint density at radius 2 is 1.55 bits per heavy atom. The molecule has 40 heavy (non-hydrogen) atoms. The van der Waals surface area contributed by atoms with E-state index in [1.807, 2.05) is 40.1 Å². The summed E-state index contributed by atoms with van der Waals surface area (Å²) in [7, 11) is 4.09. The molecule has 0 bridgehead atoms. The van der Waals surface area contributed by atoms with Crippen LogP contribution in [0.3, 0.4) is 0 Å². The van der Waals surface area contributed by atoms with Gasteiger partial charge >= 0.3 is 0 Å². The molecule has 0 saturated carbocycles. The largest absolute Gasteiger partial charge is 0.454 e. The van der Waals surface area contributed by atoms with Gasteiger partial charge in [-0.3, -0.25) is 9.21 Å². The Hall–Kier alpha value is -1.19. The fourth-order valence-corrected chi connectivity index (χ4v) is 5.63. The van der Waals surface area contributed by atoms with Gasteiger partial charge in [0.25, 0.3) is 0 Å². The second-order valence-corrected chi connectivity index (χ2v) is 12.0. The van der Waals surface area contributed by atoms with Crippen LogP contribution in [0.5, 0.6) is 11.5 Å². The third-order valence-electron chi connectivity index (χ3n) is 6.26. The molecule has 0 N–H and O–H groups in total. The van der Waals surface area contributed by atoms with E-state index >= 15 is 0 Å². The fraction of sp³-hybridized carbons (Fsp3) is 0.613. The number of morpholine rings is 1. The topological polar surface area (TPSA) is 37.4 Å². The summed E-state index contributed by atoms with van der Waals surface area (Å²) in [6.45, 7) is 16.1. The molecule has 9 heteroatoms. The maximum atomic E-state index is 6.59. The van der Waals surface area contributed by atoms with Crippen molar-refractivity contribution < 1.29 is 14.2 Å². The minimum absolute atomic E-state index is 0.551. The molecule has 6 nitrogen and oxygen atoms in total. The van der Waals surface area contributed by atoms with Crippen LogP contribution in [0.2, 0.25) is 10.0 Å². The highest BCUT2D eigenvalue weighted by atomic mass is 35.5. The maximum absolute atomic E-state index is 6.59. The average molecular weight is 615 g/mol. The third-order valence-corrected chi connectivity index (χ3v) is 7.56. The Kier molecular flexibility index (Phi) is 17.4. The van der Waals surface area contributed by atoms with Crippen molar-refractivity contribution in [3.63, 3.8) is 0 Å². The number of anilines is 1. The molecule has 1 saturated heterocycles. The summed E-state index contributed by atoms with van der Waals surface area (Å²) in [5.74, 6) is 1.45. The van der Waals surface area contributed by atoms with Crippen molar-refractivity contribution in [2.75, 3.05) is 71.5 Å². The molecule has 0 aliphatic carbocycles. The number of unbranched alkanes of at least 4 members (excludes halogenated alkanes) is 2. The van der Waals surface area contributed by atoms with Crippen LogP contribution in [-0.4, -0.2) is 75.8 Å². The van der Waals surface area contributed by atoms with E-state index in [1.165, 1.54) is 0 Å². The van der Waals surface area contributed by atoms with E-state index < -0.39 is 0 Å². The molecule has 0 radical (unpaired) electrons. The molecule has 1 aliphatic heterocycles. The van der Waals surface area contributed by atoms with Crippen molar-refractivity contribution in [1.29, 1.82) is 0 Å². The van der Waals surface area contributed by atoms with E-state index in [4.69, 9.17) is 37.4 Å². The van der Waals surface area contributed by atoms with E-state index in [1.54, 1.807) is 18.0 Å². The zero-order valence-electron chi connectivity index (χ0n) is 25.3. The van der Waals surface area contributed by atoms with Crippen LogP contribution in [0.1, 0.15) is 58.9 Å². The zero-order valence-corrected chi connectivity index (χ0v) is 27.6. The number of ether oxygens (including phenoxy) is 3. The lowest BCUT2D eigenvalue weighted by Gasteiger charge is -2.29. The molecule has 1 heterocycles. The highest BCUT2D eigenvalue weighted by Gasteiger charge is 2.21. The fourth-order valence-electron chi connectivity index (χ4n) is 4.29. The Bertz CT molecular complexity index is 962. The second-order valence-electron chi connectivity index (χ2n) is 9.75. The summed E-state index contributed by atoms with van der Waals surface area (Å²) in [6.07, 6.45) is 4.49. The van der Waals surface area contributed by atoms with E-state index in [0.717, 1.165) is 93.5 Å². The summed E-state index contributed by atoms with van der Waals surface area (Å²) in [6, 6.07) is 9.76. The highest BCUT2D eigenvalue weighted by Crippen LogP contribution is 2.44. The molecule has 2 aromatic rings. The minimum Gasteiger partial charge on any atom is -0.454 e. The Morgan fingerprint density at radius 3 is 2.12 bits per heavy atom. The van der Waals surface area contributed by atoms with Gasteiger partial charge in [0.1, 0.15) is 5.75 Å². The summed E-state index contributed by atoms with van der Waals surface area (Å²) in [5, 5.41) is 1.10. The van der Waals surface area contributed by atoms with Crippen molar-refractivity contribution in [3.05, 3.63) is 45.9 Å². The maximum Gasteiger partial charge on any atom is 0.165 e. The molecule has 1 aliphatic rings. The van der Waals surface area contributed by atoms with Crippen LogP contribution < -0.4 is 9.64 Å². The van der Waals surface area contributed by atoms with Gasteiger partial charge in [0.15, 0.2) is 5.75 Å². The molecule has 0 atom stereocenters. The Labute approximate surface area is 257 Å². The molecule has 226 valence electrons. The van der Waals surface area contributed by atoms with Gasteiger partial charge in [-0.05, 0) is 74.8 Å². The van der Waals surface area contributed by atoms with Crippen LogP contribution in [-0.2, 0) is 16.1 Å². The first-order valence-electron chi connectivity index (χ1n) is 14.7. The van der Waals surface area contributed by atoms with Crippen molar-refractivity contribution in [3.8, 4) is 11.5 Å². The normalized spacial score (nSPS) is 13.7. The van der Waals surface area contributed by atoms with E-state index in [9.17, 15) is 0 Å². The number of benzene rings is 2. The molecule has 1 fully saturated rings. The summed E-state index contributed by atoms with van der Waals surface area (Å²) in [4.78, 5) is 5.89. The van der Waals surface area contributed by atoms with E-state index in [-0.39, 0.29) is 0 Å². The lowest BCUT2D eigenvalue weighted by Crippen LogP contribution is -2.38. The highest BCUT2D eigenvalue weighted by molar-refractivity contribution is 7.97. The number of halogens is 2. The first-order valence-corrected chi connectivity index (χ1v) is 16.2. The first-order chi connectivity index (χ1) is 19.4. The van der Waals surface area contributed by atoms with E-state index in [2.05, 4.69) is 40.1 Å². The van der Waals surface area contributed by atoms with Gasteiger partial charge in [0, 0.05) is 42.8 Å². The van der Waals surface area contributed by atoms with Crippen molar-refractivity contribution in [2.24, 2.45) is 0 Å². The predicted molar refractivity (Wildman–Crippen MR) is 173 cm³/mol. The minimum atomic E-state index is 0.551. The van der Waals surface area contributed by atoms with Gasteiger partial charge < -0.3 is 19.1 Å². The summed E-state index contributed by atoms with van der Waals surface area (Å²) in [5.41, 5.74) is 2.22. The van der Waals surface area contributed by atoms with Crippen LogP contribution in [0.25, 0.3) is 0 Å². The van der Waals surface area contributed by atoms with Crippen molar-refractivity contribution in [2.45, 2.75) is 64.9 Å².